The van der Waals surface area contributed by atoms with Crippen molar-refractivity contribution in [2.75, 3.05) is 32.5 Å². The van der Waals surface area contributed by atoms with Crippen LogP contribution in [0.2, 0.25) is 0 Å². The molecule has 2 heterocycles. The van der Waals surface area contributed by atoms with Gasteiger partial charge in [0.15, 0.2) is 5.82 Å². The van der Waals surface area contributed by atoms with Crippen molar-refractivity contribution in [3.05, 3.63) is 40.7 Å². The Balaban J connectivity index is 1.78. The predicted octanol–water partition coefficient (Wildman–Crippen LogP) is 1.27. The van der Waals surface area contributed by atoms with E-state index in [1.165, 1.54) is 10.8 Å². The lowest BCUT2D eigenvalue weighted by molar-refractivity contribution is -0.121. The highest BCUT2D eigenvalue weighted by molar-refractivity contribution is 7.10. The maximum atomic E-state index is 11.8. The van der Waals surface area contributed by atoms with Crippen LogP contribution in [0.25, 0.3) is 6.08 Å². The zero-order chi connectivity index (χ0) is 17.4. The molecule has 2 aromatic heterocycles. The third kappa shape index (κ3) is 6.35. The molecule has 0 atom stereocenters. The summed E-state index contributed by atoms with van der Waals surface area (Å²) in [6.45, 7) is 1.49. The molecule has 2 aromatic rings. The van der Waals surface area contributed by atoms with Crippen molar-refractivity contribution in [2.24, 2.45) is 0 Å². The molecule has 128 valence electrons. The van der Waals surface area contributed by atoms with E-state index in [2.05, 4.69) is 15.7 Å². The first-order valence-electron chi connectivity index (χ1n) is 7.50. The van der Waals surface area contributed by atoms with Crippen LogP contribution in [0.4, 0.5) is 5.82 Å². The van der Waals surface area contributed by atoms with Crippen molar-refractivity contribution in [3.63, 3.8) is 0 Å². The van der Waals surface area contributed by atoms with E-state index in [0.717, 1.165) is 11.4 Å². The SMILES string of the molecule is CN(C)CCNC(=O)Cn1ccc(NC(=O)/C=C/c2cccs2)n1. The molecule has 7 nitrogen and oxygen atoms in total. The van der Waals surface area contributed by atoms with Crippen LogP contribution in [0.5, 0.6) is 0 Å². The highest BCUT2D eigenvalue weighted by Gasteiger charge is 2.06. The largest absolute Gasteiger partial charge is 0.353 e. The molecule has 2 N–H and O–H groups in total. The van der Waals surface area contributed by atoms with Crippen molar-refractivity contribution in [2.45, 2.75) is 6.54 Å². The van der Waals surface area contributed by atoms with Gasteiger partial charge in [-0.25, -0.2) is 0 Å². The van der Waals surface area contributed by atoms with Crippen LogP contribution in [0.1, 0.15) is 4.88 Å². The smallest absolute Gasteiger partial charge is 0.249 e. The van der Waals surface area contributed by atoms with E-state index in [0.29, 0.717) is 12.4 Å². The third-order valence-corrected chi connectivity index (χ3v) is 3.86. The normalized spacial score (nSPS) is 11.1. The summed E-state index contributed by atoms with van der Waals surface area (Å²) in [6, 6.07) is 5.51. The Hall–Kier alpha value is -2.45. The van der Waals surface area contributed by atoms with Crippen LogP contribution >= 0.6 is 11.3 Å². The van der Waals surface area contributed by atoms with Crippen LogP contribution in [0.3, 0.4) is 0 Å². The number of hydrogen-bond donors (Lipinski definition) is 2. The first kappa shape index (κ1) is 17.9. The van der Waals surface area contributed by atoms with Gasteiger partial charge >= 0.3 is 0 Å². The van der Waals surface area contributed by atoms with Crippen molar-refractivity contribution in [3.8, 4) is 0 Å². The lowest BCUT2D eigenvalue weighted by Crippen LogP contribution is -2.33. The van der Waals surface area contributed by atoms with Gasteiger partial charge in [-0.3, -0.25) is 14.3 Å². The molecule has 0 unspecified atom stereocenters. The minimum absolute atomic E-state index is 0.115. The molecular formula is C16H21N5O2S. The van der Waals surface area contributed by atoms with Gasteiger partial charge in [0, 0.05) is 36.3 Å². The summed E-state index contributed by atoms with van der Waals surface area (Å²) in [6.07, 6.45) is 4.86. The topological polar surface area (TPSA) is 79.3 Å². The summed E-state index contributed by atoms with van der Waals surface area (Å²) in [4.78, 5) is 26.6. The number of thiophene rings is 1. The van der Waals surface area contributed by atoms with Crippen molar-refractivity contribution >= 4 is 35.0 Å². The van der Waals surface area contributed by atoms with Crippen LogP contribution in [0.15, 0.2) is 35.9 Å². The van der Waals surface area contributed by atoms with E-state index >= 15 is 0 Å². The molecule has 0 fully saturated rings. The number of carbonyl (C=O) groups is 2. The zero-order valence-corrected chi connectivity index (χ0v) is 14.5. The Bertz CT molecular complexity index is 691. The standard InChI is InChI=1S/C16H21N5O2S/c1-20(2)10-8-17-16(23)12-21-9-7-14(19-21)18-15(22)6-5-13-4-3-11-24-13/h3-7,9,11H,8,10,12H2,1-2H3,(H,17,23)(H,18,19,22)/b6-5+. The molecule has 0 aliphatic rings. The molecule has 0 radical (unpaired) electrons. The van der Waals surface area contributed by atoms with Gasteiger partial charge in [0.05, 0.1) is 0 Å². The van der Waals surface area contributed by atoms with E-state index in [1.54, 1.807) is 29.7 Å². The quantitative estimate of drug-likeness (QED) is 0.705. The summed E-state index contributed by atoms with van der Waals surface area (Å²) in [5.74, 6) is 0.0384. The molecule has 0 aliphatic carbocycles. The van der Waals surface area contributed by atoms with Gasteiger partial charge < -0.3 is 15.5 Å². The summed E-state index contributed by atoms with van der Waals surface area (Å²) in [5, 5.41) is 11.6. The summed E-state index contributed by atoms with van der Waals surface area (Å²) in [5.41, 5.74) is 0. The number of nitrogens with one attached hydrogen (secondary N) is 2. The maximum absolute atomic E-state index is 11.8. The average molecular weight is 347 g/mol. The Morgan fingerprint density at radius 2 is 2.21 bits per heavy atom. The number of amides is 2. The van der Waals surface area contributed by atoms with Gasteiger partial charge in [-0.1, -0.05) is 6.07 Å². The lowest BCUT2D eigenvalue weighted by atomic mass is 10.4. The molecule has 2 amide bonds. The fourth-order valence-electron chi connectivity index (χ4n) is 1.85. The average Bonchev–Trinajstić information content (AvgIpc) is 3.16. The maximum Gasteiger partial charge on any atom is 0.249 e. The fourth-order valence-corrected chi connectivity index (χ4v) is 2.47. The van der Waals surface area contributed by atoms with E-state index in [4.69, 9.17) is 0 Å². The predicted molar refractivity (Wildman–Crippen MR) is 95.8 cm³/mol. The van der Waals surface area contributed by atoms with E-state index < -0.39 is 0 Å². The van der Waals surface area contributed by atoms with Crippen LogP contribution < -0.4 is 10.6 Å². The Morgan fingerprint density at radius 1 is 1.38 bits per heavy atom. The lowest BCUT2D eigenvalue weighted by Gasteiger charge is -2.10. The van der Waals surface area contributed by atoms with Gasteiger partial charge in [-0.15, -0.1) is 11.3 Å². The second kappa shape index (κ2) is 8.99. The van der Waals surface area contributed by atoms with Crippen molar-refractivity contribution < 1.29 is 9.59 Å². The summed E-state index contributed by atoms with van der Waals surface area (Å²) >= 11 is 1.56. The van der Waals surface area contributed by atoms with E-state index in [-0.39, 0.29) is 18.4 Å². The molecular weight excluding hydrogens is 326 g/mol. The van der Waals surface area contributed by atoms with Gasteiger partial charge in [0.1, 0.15) is 6.54 Å². The van der Waals surface area contributed by atoms with Gasteiger partial charge in [0.25, 0.3) is 0 Å². The molecule has 0 saturated heterocycles. The first-order valence-corrected chi connectivity index (χ1v) is 8.38. The van der Waals surface area contributed by atoms with Gasteiger partial charge in [0.2, 0.25) is 11.8 Å². The highest BCUT2D eigenvalue weighted by atomic mass is 32.1. The van der Waals surface area contributed by atoms with E-state index in [1.807, 2.05) is 36.5 Å². The second-order valence-electron chi connectivity index (χ2n) is 5.39. The molecule has 0 spiro atoms. The molecule has 2 rings (SSSR count). The third-order valence-electron chi connectivity index (χ3n) is 3.02. The molecule has 0 aromatic carbocycles. The molecule has 24 heavy (non-hydrogen) atoms. The minimum atomic E-state index is -0.260. The number of anilines is 1. The van der Waals surface area contributed by atoms with Gasteiger partial charge in [-0.05, 0) is 31.6 Å². The minimum Gasteiger partial charge on any atom is -0.353 e. The fraction of sp³-hybridized carbons (Fsp3) is 0.312. The molecule has 0 bridgehead atoms. The summed E-state index contributed by atoms with van der Waals surface area (Å²) in [7, 11) is 3.89. The number of carbonyl (C=O) groups excluding carboxylic acids is 2. The van der Waals surface area contributed by atoms with Crippen LogP contribution in [0, 0.1) is 0 Å². The highest BCUT2D eigenvalue weighted by Crippen LogP contribution is 2.10. The first-order chi connectivity index (χ1) is 11.5. The molecule has 0 saturated carbocycles. The number of rotatable bonds is 8. The monoisotopic (exact) mass is 347 g/mol. The second-order valence-corrected chi connectivity index (χ2v) is 6.37. The Kier molecular flexibility index (Phi) is 6.71. The molecule has 8 heteroatoms. The van der Waals surface area contributed by atoms with E-state index in [9.17, 15) is 9.59 Å². The van der Waals surface area contributed by atoms with Crippen LogP contribution in [-0.2, 0) is 16.1 Å². The summed E-state index contributed by atoms with van der Waals surface area (Å²) < 4.78 is 1.49. The van der Waals surface area contributed by atoms with Gasteiger partial charge in [-0.2, -0.15) is 5.10 Å². The van der Waals surface area contributed by atoms with Crippen molar-refractivity contribution in [1.29, 1.82) is 0 Å². The zero-order valence-electron chi connectivity index (χ0n) is 13.7. The Labute approximate surface area is 145 Å². The number of aromatic nitrogens is 2. The number of nitrogens with zero attached hydrogens (tertiary/aromatic N) is 3. The van der Waals surface area contributed by atoms with Crippen LogP contribution in [-0.4, -0.2) is 53.7 Å². The Morgan fingerprint density at radius 3 is 2.92 bits per heavy atom. The number of hydrogen-bond acceptors (Lipinski definition) is 5. The number of likely N-dealkylation sites (N-methyl/N-ethyl adjacent to an activating group) is 1. The van der Waals surface area contributed by atoms with Crippen molar-refractivity contribution in [1.82, 2.24) is 20.0 Å². The molecule has 0 aliphatic heterocycles.